The summed E-state index contributed by atoms with van der Waals surface area (Å²) in [7, 11) is 1.74. The fourth-order valence-corrected chi connectivity index (χ4v) is 3.32. The highest BCUT2D eigenvalue weighted by Gasteiger charge is 2.23. The lowest BCUT2D eigenvalue weighted by Gasteiger charge is -2.35. The Morgan fingerprint density at radius 3 is 2.14 bits per heavy atom. The van der Waals surface area contributed by atoms with Gasteiger partial charge in [-0.3, -0.25) is 4.90 Å². The van der Waals surface area contributed by atoms with E-state index in [-0.39, 0.29) is 0 Å². The van der Waals surface area contributed by atoms with E-state index in [1.54, 1.807) is 7.11 Å². The number of methoxy groups -OCH3 is 1. The Morgan fingerprint density at radius 1 is 1.05 bits per heavy atom. The number of hydrogen-bond acceptors (Lipinski definition) is 2. The van der Waals surface area contributed by atoms with Crippen LogP contribution in [0.5, 0.6) is 5.75 Å². The van der Waals surface area contributed by atoms with Crippen LogP contribution in [-0.4, -0.2) is 30.6 Å². The lowest BCUT2D eigenvalue weighted by molar-refractivity contribution is 0.141. The third-order valence-electron chi connectivity index (χ3n) is 4.47. The molecule has 0 aliphatic carbocycles. The molecule has 0 aliphatic heterocycles. The smallest absolute Gasteiger partial charge is 0.119 e. The van der Waals surface area contributed by atoms with Gasteiger partial charge in [0.05, 0.1) is 7.11 Å². The molecule has 2 unspecified atom stereocenters. The molecule has 1 aromatic rings. The van der Waals surface area contributed by atoms with Gasteiger partial charge in [-0.05, 0) is 63.6 Å². The SMILES string of the molecule is CCC(c1cccc(OC)c1)C(C)CN(C(C)C)C(C)C. The normalized spacial score (nSPS) is 14.8. The molecule has 1 rings (SSSR count). The minimum atomic E-state index is 0.583. The van der Waals surface area contributed by atoms with Crippen molar-refractivity contribution in [3.8, 4) is 5.75 Å². The monoisotopic (exact) mass is 291 g/mol. The molecule has 2 nitrogen and oxygen atoms in total. The molecule has 0 bridgehead atoms. The van der Waals surface area contributed by atoms with Gasteiger partial charge in [-0.2, -0.15) is 0 Å². The summed E-state index contributed by atoms with van der Waals surface area (Å²) >= 11 is 0. The Kier molecular flexibility index (Phi) is 7.24. The van der Waals surface area contributed by atoms with Crippen LogP contribution < -0.4 is 4.74 Å². The number of benzene rings is 1. The van der Waals surface area contributed by atoms with Crippen molar-refractivity contribution in [3.63, 3.8) is 0 Å². The third kappa shape index (κ3) is 5.03. The molecule has 0 saturated heterocycles. The predicted molar refractivity (Wildman–Crippen MR) is 92.2 cm³/mol. The van der Waals surface area contributed by atoms with E-state index in [9.17, 15) is 0 Å². The molecule has 0 saturated carbocycles. The lowest BCUT2D eigenvalue weighted by Crippen LogP contribution is -2.41. The zero-order chi connectivity index (χ0) is 16.0. The van der Waals surface area contributed by atoms with E-state index in [2.05, 4.69) is 64.6 Å². The fourth-order valence-electron chi connectivity index (χ4n) is 3.32. The van der Waals surface area contributed by atoms with E-state index in [4.69, 9.17) is 4.74 Å². The molecule has 0 amide bonds. The number of ether oxygens (including phenoxy) is 1. The van der Waals surface area contributed by atoms with Gasteiger partial charge in [0, 0.05) is 18.6 Å². The maximum Gasteiger partial charge on any atom is 0.119 e. The second-order valence-corrected chi connectivity index (χ2v) is 6.65. The van der Waals surface area contributed by atoms with E-state index < -0.39 is 0 Å². The average molecular weight is 291 g/mol. The van der Waals surface area contributed by atoms with Crippen molar-refractivity contribution in [3.05, 3.63) is 29.8 Å². The van der Waals surface area contributed by atoms with Crippen molar-refractivity contribution in [2.45, 2.75) is 66.0 Å². The minimum absolute atomic E-state index is 0.583. The Balaban J connectivity index is 2.87. The molecule has 0 N–H and O–H groups in total. The highest BCUT2D eigenvalue weighted by molar-refractivity contribution is 5.31. The number of hydrogen-bond donors (Lipinski definition) is 0. The molecule has 0 aliphatic rings. The molecule has 0 aromatic heterocycles. The molecule has 0 radical (unpaired) electrons. The summed E-state index contributed by atoms with van der Waals surface area (Å²) in [6, 6.07) is 9.74. The van der Waals surface area contributed by atoms with E-state index in [1.165, 1.54) is 12.0 Å². The average Bonchev–Trinajstić information content (AvgIpc) is 2.45. The molecular weight excluding hydrogens is 258 g/mol. The van der Waals surface area contributed by atoms with Crippen molar-refractivity contribution >= 4 is 0 Å². The van der Waals surface area contributed by atoms with Crippen LogP contribution in [0.4, 0.5) is 0 Å². The molecule has 0 spiro atoms. The van der Waals surface area contributed by atoms with Gasteiger partial charge in [0.1, 0.15) is 5.75 Å². The van der Waals surface area contributed by atoms with Crippen molar-refractivity contribution in [2.24, 2.45) is 5.92 Å². The summed E-state index contributed by atoms with van der Waals surface area (Å²) in [5, 5.41) is 0. The van der Waals surface area contributed by atoms with E-state index in [0.29, 0.717) is 23.9 Å². The van der Waals surface area contributed by atoms with Gasteiger partial charge in [0.2, 0.25) is 0 Å². The van der Waals surface area contributed by atoms with Crippen LogP contribution in [0.25, 0.3) is 0 Å². The first-order valence-electron chi connectivity index (χ1n) is 8.30. The Hall–Kier alpha value is -1.02. The number of rotatable bonds is 8. The van der Waals surface area contributed by atoms with Crippen molar-refractivity contribution < 1.29 is 4.74 Å². The van der Waals surface area contributed by atoms with Crippen molar-refractivity contribution in [1.82, 2.24) is 4.90 Å². The Labute approximate surface area is 131 Å². The largest absolute Gasteiger partial charge is 0.497 e. The predicted octanol–water partition coefficient (Wildman–Crippen LogP) is 4.94. The Bertz CT molecular complexity index is 406. The zero-order valence-electron chi connectivity index (χ0n) is 14.9. The molecule has 1 aromatic carbocycles. The van der Waals surface area contributed by atoms with Crippen LogP contribution in [0.3, 0.4) is 0 Å². The second kappa shape index (κ2) is 8.43. The molecule has 21 heavy (non-hydrogen) atoms. The fraction of sp³-hybridized carbons (Fsp3) is 0.684. The van der Waals surface area contributed by atoms with Gasteiger partial charge in [-0.15, -0.1) is 0 Å². The van der Waals surface area contributed by atoms with Crippen LogP contribution in [-0.2, 0) is 0 Å². The van der Waals surface area contributed by atoms with Gasteiger partial charge in [-0.25, -0.2) is 0 Å². The maximum absolute atomic E-state index is 5.38. The zero-order valence-corrected chi connectivity index (χ0v) is 14.9. The van der Waals surface area contributed by atoms with Gasteiger partial charge >= 0.3 is 0 Å². The number of nitrogens with zero attached hydrogens (tertiary/aromatic N) is 1. The third-order valence-corrected chi connectivity index (χ3v) is 4.47. The van der Waals surface area contributed by atoms with E-state index in [0.717, 1.165) is 12.3 Å². The Morgan fingerprint density at radius 2 is 1.67 bits per heavy atom. The first-order valence-corrected chi connectivity index (χ1v) is 8.30. The summed E-state index contributed by atoms with van der Waals surface area (Å²) in [4.78, 5) is 2.59. The first-order chi connectivity index (χ1) is 9.90. The summed E-state index contributed by atoms with van der Waals surface area (Å²) < 4.78 is 5.38. The van der Waals surface area contributed by atoms with E-state index in [1.807, 2.05) is 6.07 Å². The van der Waals surface area contributed by atoms with Crippen LogP contribution in [0, 0.1) is 5.92 Å². The maximum atomic E-state index is 5.38. The first kappa shape index (κ1) is 18.0. The van der Waals surface area contributed by atoms with Gasteiger partial charge in [-0.1, -0.05) is 26.0 Å². The van der Waals surface area contributed by atoms with Crippen LogP contribution in [0.15, 0.2) is 24.3 Å². The van der Waals surface area contributed by atoms with E-state index >= 15 is 0 Å². The quantitative estimate of drug-likeness (QED) is 0.672. The van der Waals surface area contributed by atoms with Crippen LogP contribution in [0.2, 0.25) is 0 Å². The molecule has 120 valence electrons. The molecule has 0 heterocycles. The molecular formula is C19H33NO. The summed E-state index contributed by atoms with van der Waals surface area (Å²) in [6.45, 7) is 15.0. The summed E-state index contributed by atoms with van der Waals surface area (Å²) in [5.41, 5.74) is 1.40. The molecule has 2 atom stereocenters. The molecule has 0 fully saturated rings. The highest BCUT2D eigenvalue weighted by atomic mass is 16.5. The van der Waals surface area contributed by atoms with Crippen LogP contribution >= 0.6 is 0 Å². The molecule has 2 heteroatoms. The minimum Gasteiger partial charge on any atom is -0.497 e. The summed E-state index contributed by atoms with van der Waals surface area (Å²) in [5.74, 6) is 2.18. The highest BCUT2D eigenvalue weighted by Crippen LogP contribution is 2.31. The summed E-state index contributed by atoms with van der Waals surface area (Å²) in [6.07, 6.45) is 1.17. The van der Waals surface area contributed by atoms with Crippen molar-refractivity contribution in [2.75, 3.05) is 13.7 Å². The van der Waals surface area contributed by atoms with Gasteiger partial charge < -0.3 is 4.74 Å². The van der Waals surface area contributed by atoms with Crippen molar-refractivity contribution in [1.29, 1.82) is 0 Å². The lowest BCUT2D eigenvalue weighted by atomic mass is 9.84. The van der Waals surface area contributed by atoms with Crippen LogP contribution in [0.1, 0.15) is 59.4 Å². The standard InChI is InChI=1S/C19H33NO/c1-8-19(17-10-9-11-18(12-17)21-7)16(6)13-20(14(2)3)15(4)5/h9-12,14-16,19H,8,13H2,1-7H3. The topological polar surface area (TPSA) is 12.5 Å². The van der Waals surface area contributed by atoms with Gasteiger partial charge in [0.25, 0.3) is 0 Å². The second-order valence-electron chi connectivity index (χ2n) is 6.65. The van der Waals surface area contributed by atoms with Gasteiger partial charge in [0.15, 0.2) is 0 Å².